The zero-order chi connectivity index (χ0) is 11.4. The van der Waals surface area contributed by atoms with Crippen LogP contribution in [0.3, 0.4) is 0 Å². The van der Waals surface area contributed by atoms with Crippen molar-refractivity contribution in [3.8, 4) is 5.75 Å². The molecule has 0 radical (unpaired) electrons. The lowest BCUT2D eigenvalue weighted by Gasteiger charge is -2.14. The summed E-state index contributed by atoms with van der Waals surface area (Å²) in [4.78, 5) is 20.3. The summed E-state index contributed by atoms with van der Waals surface area (Å²) in [5.74, 6) is -1.51. The minimum absolute atomic E-state index is 0.0841. The van der Waals surface area contributed by atoms with Crippen LogP contribution in [0.2, 0.25) is 0 Å². The molecule has 1 aromatic rings. The molecule has 0 heterocycles. The van der Waals surface area contributed by atoms with Crippen LogP contribution in [0.25, 0.3) is 0 Å². The molecule has 1 rings (SSSR count). The van der Waals surface area contributed by atoms with E-state index in [9.17, 15) is 20.0 Å². The number of nitrogens with zero attached hydrogens (tertiary/aromatic N) is 1. The number of rotatable bonds is 4. The van der Waals surface area contributed by atoms with Gasteiger partial charge in [0.25, 0.3) is 0 Å². The summed E-state index contributed by atoms with van der Waals surface area (Å²) in [7, 11) is 0. The topological polar surface area (TPSA) is 92.5 Å². The number of nitro groups is 1. The lowest BCUT2D eigenvalue weighted by molar-refractivity contribution is -0.386. The standard InChI is InChI=1S/C9H9NO5/c1-6(9(11)12)15-8-5-3-2-4-7(8)10(13)14/h2-6H,1H3,(H,11,12)/p-1/t6-/m1/s1. The molecular formula is C9H8NO5-. The van der Waals surface area contributed by atoms with Gasteiger partial charge in [-0.15, -0.1) is 0 Å². The average molecular weight is 210 g/mol. The van der Waals surface area contributed by atoms with E-state index in [0.717, 1.165) is 0 Å². The number of hydrogen-bond acceptors (Lipinski definition) is 5. The van der Waals surface area contributed by atoms with Crippen molar-refractivity contribution in [2.24, 2.45) is 0 Å². The molecule has 0 aromatic heterocycles. The molecule has 0 aliphatic rings. The summed E-state index contributed by atoms with van der Waals surface area (Å²) in [5, 5.41) is 20.9. The van der Waals surface area contributed by atoms with Crippen molar-refractivity contribution in [3.05, 3.63) is 34.4 Å². The van der Waals surface area contributed by atoms with E-state index in [1.54, 1.807) is 0 Å². The zero-order valence-corrected chi connectivity index (χ0v) is 7.88. The molecular weight excluding hydrogens is 202 g/mol. The Balaban J connectivity index is 2.94. The minimum atomic E-state index is -1.42. The molecule has 0 bridgehead atoms. The molecule has 0 aliphatic carbocycles. The van der Waals surface area contributed by atoms with Gasteiger partial charge in [-0.3, -0.25) is 10.1 Å². The van der Waals surface area contributed by atoms with Crippen molar-refractivity contribution in [2.45, 2.75) is 13.0 Å². The molecule has 80 valence electrons. The van der Waals surface area contributed by atoms with Crippen LogP contribution in [0, 0.1) is 10.1 Å². The molecule has 6 nitrogen and oxygen atoms in total. The van der Waals surface area contributed by atoms with Gasteiger partial charge < -0.3 is 14.6 Å². The molecule has 1 atom stereocenters. The molecule has 1 aromatic carbocycles. The van der Waals surface area contributed by atoms with Gasteiger partial charge in [-0.25, -0.2) is 0 Å². The summed E-state index contributed by atoms with van der Waals surface area (Å²) >= 11 is 0. The first-order valence-corrected chi connectivity index (χ1v) is 4.13. The molecule has 0 amide bonds. The predicted octanol–water partition coefficient (Wildman–Crippen LogP) is 0.112. The van der Waals surface area contributed by atoms with E-state index in [0.29, 0.717) is 0 Å². The van der Waals surface area contributed by atoms with E-state index in [1.807, 2.05) is 0 Å². The maximum absolute atomic E-state index is 10.5. The van der Waals surface area contributed by atoms with Crippen molar-refractivity contribution >= 4 is 11.7 Å². The molecule has 0 aliphatic heterocycles. The van der Waals surface area contributed by atoms with E-state index in [4.69, 9.17) is 4.74 Å². The third kappa shape index (κ3) is 2.67. The second-order valence-electron chi connectivity index (χ2n) is 2.80. The lowest BCUT2D eigenvalue weighted by atomic mass is 10.3. The fourth-order valence-corrected chi connectivity index (χ4v) is 0.946. The number of nitro benzene ring substituents is 1. The Morgan fingerprint density at radius 3 is 2.60 bits per heavy atom. The van der Waals surface area contributed by atoms with Gasteiger partial charge in [0.05, 0.1) is 10.9 Å². The highest BCUT2D eigenvalue weighted by molar-refractivity contribution is 5.70. The van der Waals surface area contributed by atoms with Crippen LogP contribution in [0.1, 0.15) is 6.92 Å². The molecule has 0 saturated carbocycles. The Kier molecular flexibility index (Phi) is 3.22. The lowest BCUT2D eigenvalue weighted by Crippen LogP contribution is -2.37. The largest absolute Gasteiger partial charge is 0.546 e. The Morgan fingerprint density at radius 2 is 2.07 bits per heavy atom. The van der Waals surface area contributed by atoms with E-state index in [-0.39, 0.29) is 11.4 Å². The normalized spacial score (nSPS) is 11.8. The number of benzene rings is 1. The Morgan fingerprint density at radius 1 is 1.47 bits per heavy atom. The van der Waals surface area contributed by atoms with Gasteiger partial charge in [-0.05, 0) is 13.0 Å². The summed E-state index contributed by atoms with van der Waals surface area (Å²) in [6, 6.07) is 5.55. The Hall–Kier alpha value is -2.11. The van der Waals surface area contributed by atoms with E-state index in [1.165, 1.54) is 31.2 Å². The second-order valence-corrected chi connectivity index (χ2v) is 2.80. The van der Waals surface area contributed by atoms with E-state index in [2.05, 4.69) is 0 Å². The fourth-order valence-electron chi connectivity index (χ4n) is 0.946. The predicted molar refractivity (Wildman–Crippen MR) is 48.2 cm³/mol. The van der Waals surface area contributed by atoms with Gasteiger partial charge in [-0.1, -0.05) is 12.1 Å². The molecule has 0 N–H and O–H groups in total. The van der Waals surface area contributed by atoms with Crippen LogP contribution in [-0.2, 0) is 4.79 Å². The SMILES string of the molecule is C[C@@H](Oc1ccccc1[N+](=O)[O-])C(=O)[O-]. The first-order valence-electron chi connectivity index (χ1n) is 4.13. The maximum Gasteiger partial charge on any atom is 0.310 e. The summed E-state index contributed by atoms with van der Waals surface area (Å²) in [6.45, 7) is 1.24. The first kappa shape index (κ1) is 11.0. The number of carboxylic acid groups (broad SMARTS) is 1. The fraction of sp³-hybridized carbons (Fsp3) is 0.222. The summed E-state index contributed by atoms with van der Waals surface area (Å²) in [6.07, 6.45) is -1.23. The van der Waals surface area contributed by atoms with Gasteiger partial charge in [0.1, 0.15) is 6.10 Å². The number of carbonyl (C=O) groups excluding carboxylic acids is 1. The van der Waals surface area contributed by atoms with Crippen LogP contribution < -0.4 is 9.84 Å². The van der Waals surface area contributed by atoms with Gasteiger partial charge >= 0.3 is 5.69 Å². The number of ether oxygens (including phenoxy) is 1. The van der Waals surface area contributed by atoms with E-state index < -0.39 is 17.0 Å². The molecule has 6 heteroatoms. The van der Waals surface area contributed by atoms with Crippen LogP contribution in [0.5, 0.6) is 5.75 Å². The van der Waals surface area contributed by atoms with Crippen molar-refractivity contribution in [1.29, 1.82) is 0 Å². The highest BCUT2D eigenvalue weighted by Crippen LogP contribution is 2.26. The number of aliphatic carboxylic acids is 1. The Bertz CT molecular complexity index is 390. The van der Waals surface area contributed by atoms with Crippen LogP contribution >= 0.6 is 0 Å². The summed E-state index contributed by atoms with van der Waals surface area (Å²) < 4.78 is 4.86. The number of hydrogen-bond donors (Lipinski definition) is 0. The van der Waals surface area contributed by atoms with Crippen molar-refractivity contribution < 1.29 is 19.6 Å². The third-order valence-electron chi connectivity index (χ3n) is 1.70. The summed E-state index contributed by atoms with van der Waals surface area (Å²) in [5.41, 5.74) is -0.273. The molecule has 0 spiro atoms. The molecule has 0 unspecified atom stereocenters. The zero-order valence-electron chi connectivity index (χ0n) is 7.88. The van der Waals surface area contributed by atoms with Crippen molar-refractivity contribution in [2.75, 3.05) is 0 Å². The smallest absolute Gasteiger partial charge is 0.310 e. The number of carboxylic acids is 1. The Labute approximate surface area is 85.2 Å². The average Bonchev–Trinajstić information content (AvgIpc) is 2.18. The van der Waals surface area contributed by atoms with Crippen molar-refractivity contribution in [3.63, 3.8) is 0 Å². The van der Waals surface area contributed by atoms with E-state index >= 15 is 0 Å². The highest BCUT2D eigenvalue weighted by Gasteiger charge is 2.16. The van der Waals surface area contributed by atoms with Gasteiger partial charge in [0.2, 0.25) is 0 Å². The second kappa shape index (κ2) is 4.41. The van der Waals surface area contributed by atoms with Crippen LogP contribution in [0.15, 0.2) is 24.3 Å². The third-order valence-corrected chi connectivity index (χ3v) is 1.70. The van der Waals surface area contributed by atoms with Gasteiger partial charge in [0, 0.05) is 6.07 Å². The highest BCUT2D eigenvalue weighted by atomic mass is 16.6. The molecule has 0 saturated heterocycles. The quantitative estimate of drug-likeness (QED) is 0.519. The van der Waals surface area contributed by atoms with Gasteiger partial charge in [-0.2, -0.15) is 0 Å². The van der Waals surface area contributed by atoms with Gasteiger partial charge in [0.15, 0.2) is 5.75 Å². The van der Waals surface area contributed by atoms with Crippen molar-refractivity contribution in [1.82, 2.24) is 0 Å². The van der Waals surface area contributed by atoms with Crippen LogP contribution in [-0.4, -0.2) is 17.0 Å². The number of carbonyl (C=O) groups is 1. The van der Waals surface area contributed by atoms with Crippen LogP contribution in [0.4, 0.5) is 5.69 Å². The number of para-hydroxylation sites is 2. The first-order chi connectivity index (χ1) is 7.02. The maximum atomic E-state index is 10.5. The minimum Gasteiger partial charge on any atom is -0.546 e. The molecule has 15 heavy (non-hydrogen) atoms. The monoisotopic (exact) mass is 210 g/mol. The molecule has 0 fully saturated rings.